The molecule has 2 rings (SSSR count). The van der Waals surface area contributed by atoms with Crippen molar-refractivity contribution in [1.29, 1.82) is 0 Å². The van der Waals surface area contributed by atoms with Crippen LogP contribution in [0.15, 0.2) is 9.59 Å². The van der Waals surface area contributed by atoms with Gasteiger partial charge in [-0.15, -0.1) is 0 Å². The van der Waals surface area contributed by atoms with Crippen LogP contribution in [0.2, 0.25) is 0 Å². The van der Waals surface area contributed by atoms with Crippen molar-refractivity contribution in [1.82, 2.24) is 14.9 Å². The van der Waals surface area contributed by atoms with Gasteiger partial charge in [0, 0.05) is 24.8 Å². The van der Waals surface area contributed by atoms with Crippen molar-refractivity contribution in [3.05, 3.63) is 32.1 Å². The summed E-state index contributed by atoms with van der Waals surface area (Å²) in [5.41, 5.74) is 0.966. The van der Waals surface area contributed by atoms with Gasteiger partial charge in [-0.1, -0.05) is 0 Å². The van der Waals surface area contributed by atoms with Gasteiger partial charge in [-0.3, -0.25) is 14.3 Å². The van der Waals surface area contributed by atoms with E-state index in [1.54, 1.807) is 7.05 Å². The highest BCUT2D eigenvalue weighted by Gasteiger charge is 2.15. The lowest BCUT2D eigenvalue weighted by Gasteiger charge is -2.18. The fourth-order valence-corrected chi connectivity index (χ4v) is 1.62. The van der Waals surface area contributed by atoms with Crippen LogP contribution in [-0.2, 0) is 20.0 Å². The van der Waals surface area contributed by atoms with Crippen molar-refractivity contribution in [2.24, 2.45) is 7.05 Å². The van der Waals surface area contributed by atoms with Gasteiger partial charge in [-0.05, 0) is 13.0 Å². The Morgan fingerprint density at radius 3 is 2.92 bits per heavy atom. The maximum Gasteiger partial charge on any atom is 0.328 e. The molecular formula is C8H11N3O2. The normalized spacial score (nSPS) is 15.5. The van der Waals surface area contributed by atoms with E-state index in [2.05, 4.69) is 10.3 Å². The van der Waals surface area contributed by atoms with Crippen molar-refractivity contribution in [2.75, 3.05) is 6.54 Å². The summed E-state index contributed by atoms with van der Waals surface area (Å²) in [5.74, 6) is 0. The van der Waals surface area contributed by atoms with Crippen LogP contribution in [0.3, 0.4) is 0 Å². The molecule has 0 saturated heterocycles. The Bertz CT molecular complexity index is 444. The second kappa shape index (κ2) is 2.85. The Kier molecular flexibility index (Phi) is 1.81. The van der Waals surface area contributed by atoms with E-state index in [-0.39, 0.29) is 11.2 Å². The van der Waals surface area contributed by atoms with E-state index in [4.69, 9.17) is 0 Å². The molecular weight excluding hydrogens is 170 g/mol. The molecule has 70 valence electrons. The van der Waals surface area contributed by atoms with Crippen LogP contribution in [0.5, 0.6) is 0 Å². The van der Waals surface area contributed by atoms with Gasteiger partial charge in [0.2, 0.25) is 0 Å². The molecule has 2 heterocycles. The Balaban J connectivity index is 2.77. The molecule has 1 aliphatic rings. The fraction of sp³-hybridized carbons (Fsp3) is 0.500. The van der Waals surface area contributed by atoms with E-state index >= 15 is 0 Å². The van der Waals surface area contributed by atoms with Gasteiger partial charge in [-0.2, -0.15) is 0 Å². The maximum absolute atomic E-state index is 11.3. The van der Waals surface area contributed by atoms with E-state index in [9.17, 15) is 9.59 Å². The summed E-state index contributed by atoms with van der Waals surface area (Å²) < 4.78 is 1.49. The summed E-state index contributed by atoms with van der Waals surface area (Å²) in [6, 6.07) is 0. The number of nitrogens with zero attached hydrogens (tertiary/aromatic N) is 1. The minimum absolute atomic E-state index is 0.236. The molecule has 0 radical (unpaired) electrons. The zero-order valence-corrected chi connectivity index (χ0v) is 7.39. The fourth-order valence-electron chi connectivity index (χ4n) is 1.62. The third-order valence-corrected chi connectivity index (χ3v) is 2.40. The Hall–Kier alpha value is -1.36. The molecule has 1 aromatic heterocycles. The van der Waals surface area contributed by atoms with Crippen LogP contribution in [0.4, 0.5) is 0 Å². The summed E-state index contributed by atoms with van der Waals surface area (Å²) in [7, 11) is 1.67. The van der Waals surface area contributed by atoms with Gasteiger partial charge in [0.25, 0.3) is 5.56 Å². The predicted molar refractivity (Wildman–Crippen MR) is 47.7 cm³/mol. The standard InChI is InChI=1S/C8H11N3O2/c1-11-6-4-9-3-2-5(6)7(12)10-8(11)13/h9H,2-4H2,1H3,(H,10,12,13). The molecule has 0 unspecified atom stereocenters. The van der Waals surface area contributed by atoms with E-state index in [0.29, 0.717) is 13.0 Å². The van der Waals surface area contributed by atoms with Crippen molar-refractivity contribution in [2.45, 2.75) is 13.0 Å². The third kappa shape index (κ3) is 1.21. The third-order valence-electron chi connectivity index (χ3n) is 2.40. The minimum atomic E-state index is -0.340. The quantitative estimate of drug-likeness (QED) is 0.524. The van der Waals surface area contributed by atoms with Crippen LogP contribution in [0.25, 0.3) is 0 Å². The van der Waals surface area contributed by atoms with E-state index in [1.165, 1.54) is 4.57 Å². The van der Waals surface area contributed by atoms with Gasteiger partial charge in [0.1, 0.15) is 0 Å². The predicted octanol–water partition coefficient (Wildman–Crippen LogP) is -1.28. The molecule has 0 amide bonds. The largest absolute Gasteiger partial charge is 0.328 e. The summed E-state index contributed by atoms with van der Waals surface area (Å²) >= 11 is 0. The molecule has 0 atom stereocenters. The summed E-state index contributed by atoms with van der Waals surface area (Å²) in [4.78, 5) is 24.8. The number of aromatic nitrogens is 2. The van der Waals surface area contributed by atoms with E-state index in [0.717, 1.165) is 17.8 Å². The molecule has 0 bridgehead atoms. The highest BCUT2D eigenvalue weighted by Crippen LogP contribution is 2.04. The SMILES string of the molecule is Cn1c2c(c(=O)[nH]c1=O)CCNC2. The number of H-pyrrole nitrogens is 1. The molecule has 0 saturated carbocycles. The second-order valence-electron chi connectivity index (χ2n) is 3.17. The minimum Gasteiger partial charge on any atom is -0.311 e. The Morgan fingerprint density at radius 1 is 1.38 bits per heavy atom. The van der Waals surface area contributed by atoms with Crippen LogP contribution in [0.1, 0.15) is 11.3 Å². The number of nitrogens with one attached hydrogen (secondary N) is 2. The zero-order chi connectivity index (χ0) is 9.42. The monoisotopic (exact) mass is 181 g/mol. The highest BCUT2D eigenvalue weighted by atomic mass is 16.2. The second-order valence-corrected chi connectivity index (χ2v) is 3.17. The number of rotatable bonds is 0. The van der Waals surface area contributed by atoms with Gasteiger partial charge < -0.3 is 5.32 Å². The molecule has 13 heavy (non-hydrogen) atoms. The first-order valence-electron chi connectivity index (χ1n) is 4.22. The first-order valence-corrected chi connectivity index (χ1v) is 4.22. The number of aromatic amines is 1. The summed E-state index contributed by atoms with van der Waals surface area (Å²) in [6.45, 7) is 1.40. The van der Waals surface area contributed by atoms with Crippen molar-refractivity contribution in [3.8, 4) is 0 Å². The van der Waals surface area contributed by atoms with Crippen molar-refractivity contribution >= 4 is 0 Å². The topological polar surface area (TPSA) is 66.9 Å². The zero-order valence-electron chi connectivity index (χ0n) is 7.39. The van der Waals surface area contributed by atoms with Gasteiger partial charge >= 0.3 is 5.69 Å². The van der Waals surface area contributed by atoms with Crippen molar-refractivity contribution in [3.63, 3.8) is 0 Å². The molecule has 5 nitrogen and oxygen atoms in total. The molecule has 1 aliphatic heterocycles. The van der Waals surface area contributed by atoms with Crippen LogP contribution >= 0.6 is 0 Å². The summed E-state index contributed by atoms with van der Waals surface area (Å²) in [6.07, 6.45) is 0.693. The summed E-state index contributed by atoms with van der Waals surface area (Å²) in [5, 5.41) is 3.12. The molecule has 0 aliphatic carbocycles. The Labute approximate surface area is 74.4 Å². The molecule has 0 aromatic carbocycles. The Morgan fingerprint density at radius 2 is 2.15 bits per heavy atom. The van der Waals surface area contributed by atoms with Gasteiger partial charge in [-0.25, -0.2) is 4.79 Å². The first kappa shape index (κ1) is 8.25. The molecule has 1 aromatic rings. The molecule has 0 fully saturated rings. The van der Waals surface area contributed by atoms with Crippen LogP contribution in [-0.4, -0.2) is 16.1 Å². The molecule has 0 spiro atoms. The highest BCUT2D eigenvalue weighted by molar-refractivity contribution is 5.20. The van der Waals surface area contributed by atoms with Gasteiger partial charge in [0.05, 0.1) is 0 Å². The first-order chi connectivity index (χ1) is 6.20. The average Bonchev–Trinajstić information content (AvgIpc) is 2.15. The number of hydrogen-bond acceptors (Lipinski definition) is 3. The van der Waals surface area contributed by atoms with E-state index < -0.39 is 0 Å². The lowest BCUT2D eigenvalue weighted by atomic mass is 10.1. The average molecular weight is 181 g/mol. The lowest BCUT2D eigenvalue weighted by Crippen LogP contribution is -2.39. The van der Waals surface area contributed by atoms with Crippen LogP contribution in [0, 0.1) is 0 Å². The van der Waals surface area contributed by atoms with Gasteiger partial charge in [0.15, 0.2) is 0 Å². The number of hydrogen-bond donors (Lipinski definition) is 2. The van der Waals surface area contributed by atoms with Crippen molar-refractivity contribution < 1.29 is 0 Å². The lowest BCUT2D eigenvalue weighted by molar-refractivity contribution is 0.574. The van der Waals surface area contributed by atoms with E-state index in [1.807, 2.05) is 0 Å². The molecule has 5 heteroatoms. The van der Waals surface area contributed by atoms with Crippen LogP contribution < -0.4 is 16.6 Å². The maximum atomic E-state index is 11.3. The smallest absolute Gasteiger partial charge is 0.311 e. The molecule has 2 N–H and O–H groups in total. The number of fused-ring (bicyclic) bond motifs is 1.